The maximum Gasteiger partial charge on any atom is 0.257 e. The van der Waals surface area contributed by atoms with Gasteiger partial charge in [0.05, 0.1) is 29.0 Å². The Morgan fingerprint density at radius 3 is 2.57 bits per heavy atom. The fourth-order valence-electron chi connectivity index (χ4n) is 3.76. The van der Waals surface area contributed by atoms with Crippen molar-refractivity contribution in [2.24, 2.45) is 0 Å². The molecule has 1 amide bonds. The number of nitrogens with two attached hydrogens (primary N) is 1. The Balaban J connectivity index is 2.44. The Labute approximate surface area is 168 Å². The van der Waals surface area contributed by atoms with Crippen molar-refractivity contribution in [1.29, 1.82) is 0 Å². The second-order valence-electron chi connectivity index (χ2n) is 7.47. The van der Waals surface area contributed by atoms with Crippen LogP contribution in [-0.4, -0.2) is 68.7 Å². The molecule has 2 rings (SSSR count). The van der Waals surface area contributed by atoms with Gasteiger partial charge < -0.3 is 15.4 Å². The lowest BCUT2D eigenvalue weighted by atomic mass is 10.1. The summed E-state index contributed by atoms with van der Waals surface area (Å²) in [7, 11) is -2.10. The van der Waals surface area contributed by atoms with E-state index in [4.69, 9.17) is 10.5 Å². The number of amides is 1. The summed E-state index contributed by atoms with van der Waals surface area (Å²) in [6.45, 7) is 10.2. The molecular weight excluding hydrogens is 378 g/mol. The molecule has 1 aliphatic heterocycles. The summed E-state index contributed by atoms with van der Waals surface area (Å²) < 4.78 is 30.2. The number of nitrogen functional groups attached to an aromatic ring is 1. The van der Waals surface area contributed by atoms with Gasteiger partial charge in [-0.15, -0.1) is 0 Å². The molecule has 1 aliphatic rings. The first-order chi connectivity index (χ1) is 13.2. The monoisotopic (exact) mass is 411 g/mol. The maximum absolute atomic E-state index is 13.4. The highest BCUT2D eigenvalue weighted by Crippen LogP contribution is 2.31. The standard InChI is InChI=1S/C20H33N3O4S/c1-6-22-10-8-9-15(22)13-23(14(3)4)20(24)16-11-19(28(25,26)7-2)17(21)12-18(16)27-5/h11-12,14-15H,6-10,13,21H2,1-5H3. The molecule has 0 spiro atoms. The van der Waals surface area contributed by atoms with Crippen molar-refractivity contribution in [2.75, 3.05) is 38.2 Å². The van der Waals surface area contributed by atoms with Gasteiger partial charge in [-0.1, -0.05) is 13.8 Å². The van der Waals surface area contributed by atoms with E-state index in [-0.39, 0.29) is 33.8 Å². The van der Waals surface area contributed by atoms with E-state index in [1.165, 1.54) is 19.2 Å². The number of nitrogens with zero attached hydrogens (tertiary/aromatic N) is 2. The molecule has 1 atom stereocenters. The number of sulfone groups is 1. The summed E-state index contributed by atoms with van der Waals surface area (Å²) in [6, 6.07) is 3.09. The highest BCUT2D eigenvalue weighted by atomic mass is 32.2. The van der Waals surface area contributed by atoms with E-state index in [0.29, 0.717) is 18.3 Å². The van der Waals surface area contributed by atoms with Crippen molar-refractivity contribution in [2.45, 2.75) is 57.5 Å². The van der Waals surface area contributed by atoms with Crippen molar-refractivity contribution >= 4 is 21.4 Å². The Kier molecular flexibility index (Phi) is 7.33. The second-order valence-corrected chi connectivity index (χ2v) is 9.72. The Morgan fingerprint density at radius 1 is 1.36 bits per heavy atom. The van der Waals surface area contributed by atoms with Crippen LogP contribution in [-0.2, 0) is 9.84 Å². The first-order valence-corrected chi connectivity index (χ1v) is 11.6. The molecule has 0 aliphatic carbocycles. The van der Waals surface area contributed by atoms with E-state index in [1.807, 2.05) is 13.8 Å². The first-order valence-electron chi connectivity index (χ1n) is 9.91. The molecule has 1 heterocycles. The molecule has 1 fully saturated rings. The lowest BCUT2D eigenvalue weighted by Gasteiger charge is -2.33. The Morgan fingerprint density at radius 2 is 2.04 bits per heavy atom. The van der Waals surface area contributed by atoms with Gasteiger partial charge >= 0.3 is 0 Å². The zero-order chi connectivity index (χ0) is 21.1. The molecule has 0 aromatic heterocycles. The SMILES string of the molecule is CCN1CCCC1CN(C(=O)c1cc(S(=O)(=O)CC)c(N)cc1OC)C(C)C. The van der Waals surface area contributed by atoms with Gasteiger partial charge in [0, 0.05) is 24.7 Å². The molecule has 1 aromatic rings. The minimum Gasteiger partial charge on any atom is -0.496 e. The normalized spacial score (nSPS) is 17.9. The maximum atomic E-state index is 13.4. The number of likely N-dealkylation sites (tertiary alicyclic amines) is 1. The van der Waals surface area contributed by atoms with Crippen LogP contribution in [0.4, 0.5) is 5.69 Å². The van der Waals surface area contributed by atoms with Gasteiger partial charge in [0.1, 0.15) is 5.75 Å². The molecule has 0 bridgehead atoms. The molecule has 1 unspecified atom stereocenters. The predicted molar refractivity (Wildman–Crippen MR) is 112 cm³/mol. The largest absolute Gasteiger partial charge is 0.496 e. The van der Waals surface area contributed by atoms with Crippen LogP contribution in [0, 0.1) is 0 Å². The number of carbonyl (C=O) groups is 1. The van der Waals surface area contributed by atoms with E-state index in [0.717, 1.165) is 25.9 Å². The summed E-state index contributed by atoms with van der Waals surface area (Å²) in [5, 5.41) is 0. The van der Waals surface area contributed by atoms with E-state index in [1.54, 1.807) is 11.8 Å². The van der Waals surface area contributed by atoms with Crippen molar-refractivity contribution < 1.29 is 17.9 Å². The van der Waals surface area contributed by atoms with E-state index >= 15 is 0 Å². The van der Waals surface area contributed by atoms with E-state index in [2.05, 4.69) is 11.8 Å². The van der Waals surface area contributed by atoms with Crippen molar-refractivity contribution in [1.82, 2.24) is 9.80 Å². The molecule has 0 saturated carbocycles. The van der Waals surface area contributed by atoms with Gasteiger partial charge in [-0.3, -0.25) is 9.69 Å². The van der Waals surface area contributed by atoms with Gasteiger partial charge in [-0.2, -0.15) is 0 Å². The lowest BCUT2D eigenvalue weighted by molar-refractivity contribution is 0.0644. The molecule has 2 N–H and O–H groups in total. The number of carbonyl (C=O) groups excluding carboxylic acids is 1. The number of ether oxygens (including phenoxy) is 1. The van der Waals surface area contributed by atoms with Gasteiger partial charge in [-0.05, 0) is 45.8 Å². The van der Waals surface area contributed by atoms with Gasteiger partial charge in [0.25, 0.3) is 5.91 Å². The minimum atomic E-state index is -3.55. The number of likely N-dealkylation sites (N-methyl/N-ethyl adjacent to an activating group) is 1. The average Bonchev–Trinajstić information content (AvgIpc) is 3.12. The average molecular weight is 412 g/mol. The topological polar surface area (TPSA) is 92.9 Å². The number of benzene rings is 1. The van der Waals surface area contributed by atoms with Crippen LogP contribution in [0.2, 0.25) is 0 Å². The van der Waals surface area contributed by atoms with E-state index in [9.17, 15) is 13.2 Å². The van der Waals surface area contributed by atoms with Crippen LogP contribution in [0.3, 0.4) is 0 Å². The van der Waals surface area contributed by atoms with Crippen molar-refractivity contribution in [3.05, 3.63) is 17.7 Å². The number of anilines is 1. The van der Waals surface area contributed by atoms with Crippen LogP contribution in [0.15, 0.2) is 17.0 Å². The molecule has 28 heavy (non-hydrogen) atoms. The highest BCUT2D eigenvalue weighted by Gasteiger charge is 2.31. The second kappa shape index (κ2) is 9.13. The van der Waals surface area contributed by atoms with Crippen LogP contribution in [0.1, 0.15) is 50.9 Å². The third-order valence-corrected chi connectivity index (χ3v) is 7.26. The predicted octanol–water partition coefficient (Wildman–Crippen LogP) is 2.41. The van der Waals surface area contributed by atoms with Crippen LogP contribution in [0.25, 0.3) is 0 Å². The summed E-state index contributed by atoms with van der Waals surface area (Å²) in [5.41, 5.74) is 6.27. The first kappa shape index (κ1) is 22.5. The molecule has 8 heteroatoms. The zero-order valence-electron chi connectivity index (χ0n) is 17.6. The van der Waals surface area contributed by atoms with Gasteiger partial charge in [0.2, 0.25) is 0 Å². The number of rotatable bonds is 8. The molecule has 1 saturated heterocycles. The van der Waals surface area contributed by atoms with Crippen molar-refractivity contribution in [3.8, 4) is 5.75 Å². The lowest BCUT2D eigenvalue weighted by Crippen LogP contribution is -2.46. The van der Waals surface area contributed by atoms with Crippen molar-refractivity contribution in [3.63, 3.8) is 0 Å². The van der Waals surface area contributed by atoms with Crippen LogP contribution >= 0.6 is 0 Å². The summed E-state index contributed by atoms with van der Waals surface area (Å²) in [6.07, 6.45) is 2.18. The molecule has 1 aromatic carbocycles. The zero-order valence-corrected chi connectivity index (χ0v) is 18.4. The fraction of sp³-hybridized carbons (Fsp3) is 0.650. The fourth-order valence-corrected chi connectivity index (χ4v) is 4.79. The summed E-state index contributed by atoms with van der Waals surface area (Å²) >= 11 is 0. The molecule has 7 nitrogen and oxygen atoms in total. The Hall–Kier alpha value is -1.80. The summed E-state index contributed by atoms with van der Waals surface area (Å²) in [4.78, 5) is 17.6. The van der Waals surface area contributed by atoms with Crippen LogP contribution in [0.5, 0.6) is 5.75 Å². The molecule has 0 radical (unpaired) electrons. The van der Waals surface area contributed by atoms with Gasteiger partial charge in [-0.25, -0.2) is 8.42 Å². The highest BCUT2D eigenvalue weighted by molar-refractivity contribution is 7.91. The minimum absolute atomic E-state index is 0.0149. The number of methoxy groups -OCH3 is 1. The Bertz CT molecular complexity index is 808. The third-order valence-electron chi connectivity index (χ3n) is 5.47. The molecule has 158 valence electrons. The van der Waals surface area contributed by atoms with Crippen LogP contribution < -0.4 is 10.5 Å². The van der Waals surface area contributed by atoms with E-state index < -0.39 is 9.84 Å². The number of hydrogen-bond acceptors (Lipinski definition) is 6. The quantitative estimate of drug-likeness (QED) is 0.661. The summed E-state index contributed by atoms with van der Waals surface area (Å²) in [5.74, 6) is -0.0252. The smallest absolute Gasteiger partial charge is 0.257 e. The third kappa shape index (κ3) is 4.60. The number of hydrogen-bond donors (Lipinski definition) is 1. The molecular formula is C20H33N3O4S. The van der Waals surface area contributed by atoms with Gasteiger partial charge in [0.15, 0.2) is 9.84 Å².